The summed E-state index contributed by atoms with van der Waals surface area (Å²) in [5.41, 5.74) is 0.0106. The summed E-state index contributed by atoms with van der Waals surface area (Å²) >= 11 is 0. The van der Waals surface area contributed by atoms with Crippen LogP contribution in [-0.4, -0.2) is 34.7 Å². The summed E-state index contributed by atoms with van der Waals surface area (Å²) in [5, 5.41) is 10.5. The monoisotopic (exact) mass is 221 g/mol. The third-order valence-electron chi connectivity index (χ3n) is 1.74. The molecular weight excluding hydrogens is 210 g/mol. The Bertz CT molecular complexity index is 441. The fourth-order valence-corrected chi connectivity index (χ4v) is 0.975. The molecule has 0 aliphatic carbocycles. The van der Waals surface area contributed by atoms with Crippen molar-refractivity contribution in [2.45, 2.75) is 0 Å². The zero-order valence-corrected chi connectivity index (χ0v) is 8.95. The number of aromatic nitrogens is 1. The lowest BCUT2D eigenvalue weighted by Crippen LogP contribution is -2.03. The van der Waals surface area contributed by atoms with Gasteiger partial charge in [-0.1, -0.05) is 0 Å². The van der Waals surface area contributed by atoms with Crippen molar-refractivity contribution in [1.29, 1.82) is 0 Å². The van der Waals surface area contributed by atoms with Crippen molar-refractivity contribution < 1.29 is 9.72 Å². The topological polar surface area (TPSA) is 76.3 Å². The molecule has 6 nitrogen and oxygen atoms in total. The standard InChI is InChI=1S/C10H11N3O3/c1-12(2)4-3-10(14)8-5-9(13(15)16)7-11-6-8/h3-7H,1-2H3/b4-3+. The van der Waals surface area contributed by atoms with Gasteiger partial charge in [0.2, 0.25) is 0 Å². The second-order valence-corrected chi connectivity index (χ2v) is 3.33. The minimum atomic E-state index is -0.584. The first-order valence-corrected chi connectivity index (χ1v) is 4.49. The van der Waals surface area contributed by atoms with E-state index >= 15 is 0 Å². The molecule has 0 aromatic carbocycles. The van der Waals surface area contributed by atoms with E-state index in [2.05, 4.69) is 4.98 Å². The van der Waals surface area contributed by atoms with Crippen LogP contribution in [0.25, 0.3) is 0 Å². The molecule has 0 atom stereocenters. The molecule has 1 aromatic rings. The molecule has 0 amide bonds. The maximum absolute atomic E-state index is 11.5. The number of pyridine rings is 1. The first-order chi connectivity index (χ1) is 7.50. The van der Waals surface area contributed by atoms with E-state index in [-0.39, 0.29) is 17.0 Å². The van der Waals surface area contributed by atoms with Gasteiger partial charge in [0, 0.05) is 44.2 Å². The van der Waals surface area contributed by atoms with Crippen LogP contribution >= 0.6 is 0 Å². The van der Waals surface area contributed by atoms with Gasteiger partial charge in [-0.05, 0) is 0 Å². The molecule has 0 spiro atoms. The van der Waals surface area contributed by atoms with Gasteiger partial charge in [0.1, 0.15) is 6.20 Å². The van der Waals surface area contributed by atoms with Gasteiger partial charge in [0.15, 0.2) is 5.78 Å². The Morgan fingerprint density at radius 1 is 1.50 bits per heavy atom. The molecule has 6 heteroatoms. The van der Waals surface area contributed by atoms with Crippen LogP contribution in [0.1, 0.15) is 10.4 Å². The lowest BCUT2D eigenvalue weighted by molar-refractivity contribution is -0.385. The maximum Gasteiger partial charge on any atom is 0.288 e. The summed E-state index contributed by atoms with van der Waals surface area (Å²) in [4.78, 5) is 26.8. The molecular formula is C10H11N3O3. The lowest BCUT2D eigenvalue weighted by atomic mass is 10.2. The molecule has 0 saturated carbocycles. The third kappa shape index (κ3) is 3.16. The normalized spacial score (nSPS) is 10.4. The first kappa shape index (κ1) is 11.8. The first-order valence-electron chi connectivity index (χ1n) is 4.49. The highest BCUT2D eigenvalue weighted by Gasteiger charge is 2.10. The molecule has 16 heavy (non-hydrogen) atoms. The van der Waals surface area contributed by atoms with E-state index in [9.17, 15) is 14.9 Å². The van der Waals surface area contributed by atoms with E-state index in [1.54, 1.807) is 25.2 Å². The molecule has 1 rings (SSSR count). The molecule has 0 aliphatic heterocycles. The Hall–Kier alpha value is -2.24. The number of nitro groups is 1. The van der Waals surface area contributed by atoms with Gasteiger partial charge in [-0.25, -0.2) is 0 Å². The van der Waals surface area contributed by atoms with Crippen molar-refractivity contribution in [3.63, 3.8) is 0 Å². The van der Waals surface area contributed by atoms with Crippen LogP contribution in [0.15, 0.2) is 30.7 Å². The van der Waals surface area contributed by atoms with E-state index in [0.717, 1.165) is 6.20 Å². The maximum atomic E-state index is 11.5. The van der Waals surface area contributed by atoms with Gasteiger partial charge in [-0.2, -0.15) is 0 Å². The Labute approximate surface area is 92.4 Å². The zero-order chi connectivity index (χ0) is 12.1. The predicted molar refractivity (Wildman–Crippen MR) is 58.0 cm³/mol. The highest BCUT2D eigenvalue weighted by Crippen LogP contribution is 2.11. The van der Waals surface area contributed by atoms with Crippen molar-refractivity contribution in [2.24, 2.45) is 0 Å². The number of allylic oxidation sites excluding steroid dienone is 1. The summed E-state index contributed by atoms with van der Waals surface area (Å²) in [6.45, 7) is 0. The van der Waals surface area contributed by atoms with E-state index < -0.39 is 4.92 Å². The minimum absolute atomic E-state index is 0.191. The van der Waals surface area contributed by atoms with Crippen LogP contribution in [-0.2, 0) is 0 Å². The van der Waals surface area contributed by atoms with Gasteiger partial charge in [-0.3, -0.25) is 19.9 Å². The number of hydrogen-bond donors (Lipinski definition) is 0. The average molecular weight is 221 g/mol. The summed E-state index contributed by atoms with van der Waals surface area (Å²) in [6.07, 6.45) is 5.31. The fraction of sp³-hybridized carbons (Fsp3) is 0.200. The number of hydrogen-bond acceptors (Lipinski definition) is 5. The van der Waals surface area contributed by atoms with Gasteiger partial charge in [0.05, 0.1) is 4.92 Å². The number of carbonyl (C=O) groups excluding carboxylic acids is 1. The third-order valence-corrected chi connectivity index (χ3v) is 1.74. The van der Waals surface area contributed by atoms with Crippen LogP contribution < -0.4 is 0 Å². The second kappa shape index (κ2) is 5.01. The Morgan fingerprint density at radius 2 is 2.19 bits per heavy atom. The number of rotatable bonds is 4. The molecule has 0 radical (unpaired) electrons. The number of nitrogens with zero attached hydrogens (tertiary/aromatic N) is 3. The van der Waals surface area contributed by atoms with Crippen LogP contribution in [0.2, 0.25) is 0 Å². The van der Waals surface area contributed by atoms with Crippen LogP contribution in [0.3, 0.4) is 0 Å². The van der Waals surface area contributed by atoms with E-state index in [0.29, 0.717) is 0 Å². The summed E-state index contributed by atoms with van der Waals surface area (Å²) in [6, 6.07) is 1.20. The fourth-order valence-electron chi connectivity index (χ4n) is 0.975. The zero-order valence-electron chi connectivity index (χ0n) is 8.95. The number of carbonyl (C=O) groups is 1. The van der Waals surface area contributed by atoms with E-state index in [1.165, 1.54) is 18.3 Å². The Kier molecular flexibility index (Phi) is 3.71. The van der Waals surface area contributed by atoms with Crippen LogP contribution in [0.5, 0.6) is 0 Å². The van der Waals surface area contributed by atoms with Crippen molar-refractivity contribution in [1.82, 2.24) is 9.88 Å². The summed E-state index contributed by atoms with van der Waals surface area (Å²) in [7, 11) is 3.55. The van der Waals surface area contributed by atoms with Crippen LogP contribution in [0, 0.1) is 10.1 Å². The predicted octanol–water partition coefficient (Wildman–Crippen LogP) is 1.25. The SMILES string of the molecule is CN(C)/C=C/C(=O)c1cncc([N+](=O)[O-])c1. The summed E-state index contributed by atoms with van der Waals surface area (Å²) in [5.74, 6) is -0.315. The van der Waals surface area contributed by atoms with Crippen LogP contribution in [0.4, 0.5) is 5.69 Å². The molecule has 0 bridgehead atoms. The van der Waals surface area contributed by atoms with Gasteiger partial charge in [0.25, 0.3) is 5.69 Å². The van der Waals surface area contributed by atoms with E-state index in [1.807, 2.05) is 0 Å². The highest BCUT2D eigenvalue weighted by molar-refractivity contribution is 6.04. The van der Waals surface area contributed by atoms with E-state index in [4.69, 9.17) is 0 Å². The van der Waals surface area contributed by atoms with Gasteiger partial charge < -0.3 is 4.90 Å². The number of ketones is 1. The second-order valence-electron chi connectivity index (χ2n) is 3.33. The van der Waals surface area contributed by atoms with Crippen molar-refractivity contribution >= 4 is 11.5 Å². The van der Waals surface area contributed by atoms with Gasteiger partial charge >= 0.3 is 0 Å². The van der Waals surface area contributed by atoms with Crippen molar-refractivity contribution in [3.05, 3.63) is 46.4 Å². The van der Waals surface area contributed by atoms with Crippen molar-refractivity contribution in [2.75, 3.05) is 14.1 Å². The Morgan fingerprint density at radius 3 is 2.75 bits per heavy atom. The lowest BCUT2D eigenvalue weighted by Gasteiger charge is -2.02. The molecule has 1 heterocycles. The smallest absolute Gasteiger partial charge is 0.288 e. The molecule has 0 saturated heterocycles. The summed E-state index contributed by atoms with van der Waals surface area (Å²) < 4.78 is 0. The molecule has 0 fully saturated rings. The molecule has 1 aromatic heterocycles. The quantitative estimate of drug-likeness (QED) is 0.331. The Balaban J connectivity index is 2.92. The van der Waals surface area contributed by atoms with Crippen molar-refractivity contribution in [3.8, 4) is 0 Å². The minimum Gasteiger partial charge on any atom is -0.383 e. The molecule has 0 N–H and O–H groups in total. The van der Waals surface area contributed by atoms with Gasteiger partial charge in [-0.15, -0.1) is 0 Å². The average Bonchev–Trinajstić information content (AvgIpc) is 2.26. The largest absolute Gasteiger partial charge is 0.383 e. The highest BCUT2D eigenvalue weighted by atomic mass is 16.6. The molecule has 84 valence electrons. The molecule has 0 aliphatic rings. The molecule has 0 unspecified atom stereocenters.